The van der Waals surface area contributed by atoms with Gasteiger partial charge in [-0.05, 0) is 48.7 Å². The molecule has 0 unspecified atom stereocenters. The molecule has 6 heteroatoms. The number of rotatable bonds is 8. The Labute approximate surface area is 149 Å². The molecule has 2 rings (SSSR count). The first kappa shape index (κ1) is 18.7. The van der Waals surface area contributed by atoms with E-state index in [9.17, 15) is 0 Å². The third-order valence-corrected chi connectivity index (χ3v) is 4.24. The smallest absolute Gasteiger partial charge is 0.191 e. The fraction of sp³-hybridized carbons (Fsp3) is 0.667. The number of nitrogens with zero attached hydrogens (tertiary/aromatic N) is 2. The van der Waals surface area contributed by atoms with E-state index in [4.69, 9.17) is 0 Å². The summed E-state index contributed by atoms with van der Waals surface area (Å²) in [5.74, 6) is 0.922. The second kappa shape index (κ2) is 10.4. The van der Waals surface area contributed by atoms with Crippen LogP contribution in [0.4, 0.5) is 0 Å². The van der Waals surface area contributed by atoms with Gasteiger partial charge >= 0.3 is 0 Å². The highest BCUT2D eigenvalue weighted by molar-refractivity contribution is 14.0. The van der Waals surface area contributed by atoms with Crippen LogP contribution in [0, 0.1) is 0 Å². The van der Waals surface area contributed by atoms with Crippen molar-refractivity contribution >= 4 is 41.3 Å². The summed E-state index contributed by atoms with van der Waals surface area (Å²) in [5.41, 5.74) is 1.28. The number of thiophene rings is 1. The average molecular weight is 422 g/mol. The molecule has 120 valence electrons. The first-order valence-electron chi connectivity index (χ1n) is 7.60. The molecule has 21 heavy (non-hydrogen) atoms. The summed E-state index contributed by atoms with van der Waals surface area (Å²) in [6, 6.07) is 2.97. The molecule has 0 radical (unpaired) electrons. The molecule has 1 aromatic rings. The van der Waals surface area contributed by atoms with Crippen LogP contribution in [0.3, 0.4) is 0 Å². The van der Waals surface area contributed by atoms with Crippen molar-refractivity contribution in [2.75, 3.05) is 26.2 Å². The van der Waals surface area contributed by atoms with Crippen molar-refractivity contribution in [1.82, 2.24) is 15.5 Å². The van der Waals surface area contributed by atoms with E-state index in [0.717, 1.165) is 44.7 Å². The lowest BCUT2D eigenvalue weighted by Gasteiger charge is -2.20. The van der Waals surface area contributed by atoms with Crippen LogP contribution in [0.1, 0.15) is 32.3 Å². The summed E-state index contributed by atoms with van der Waals surface area (Å²) in [6.45, 7) is 9.20. The monoisotopic (exact) mass is 422 g/mol. The largest absolute Gasteiger partial charge is 0.357 e. The molecule has 0 atom stereocenters. The van der Waals surface area contributed by atoms with Gasteiger partial charge < -0.3 is 10.6 Å². The van der Waals surface area contributed by atoms with Gasteiger partial charge in [0.25, 0.3) is 0 Å². The van der Waals surface area contributed by atoms with E-state index in [1.807, 2.05) is 0 Å². The summed E-state index contributed by atoms with van der Waals surface area (Å²) >= 11 is 1.72. The molecule has 1 aliphatic carbocycles. The fourth-order valence-corrected chi connectivity index (χ4v) is 2.91. The second-order valence-electron chi connectivity index (χ2n) is 5.11. The predicted octanol–water partition coefficient (Wildman–Crippen LogP) is 2.91. The lowest BCUT2D eigenvalue weighted by atomic mass is 10.3. The molecule has 1 aromatic heterocycles. The van der Waals surface area contributed by atoms with Crippen molar-refractivity contribution in [1.29, 1.82) is 0 Å². The first-order chi connectivity index (χ1) is 9.83. The zero-order valence-corrected chi connectivity index (χ0v) is 16.1. The van der Waals surface area contributed by atoms with Crippen LogP contribution in [0.5, 0.6) is 0 Å². The highest BCUT2D eigenvalue weighted by Gasteiger charge is 2.27. The molecule has 0 amide bonds. The molecule has 0 saturated heterocycles. The van der Waals surface area contributed by atoms with Crippen LogP contribution in [-0.2, 0) is 6.54 Å². The molecule has 4 nitrogen and oxygen atoms in total. The van der Waals surface area contributed by atoms with Crippen LogP contribution in [0.2, 0.25) is 0 Å². The van der Waals surface area contributed by atoms with Crippen LogP contribution in [0.25, 0.3) is 0 Å². The summed E-state index contributed by atoms with van der Waals surface area (Å²) in [7, 11) is 0. The van der Waals surface area contributed by atoms with Crippen molar-refractivity contribution in [2.45, 2.75) is 39.3 Å². The van der Waals surface area contributed by atoms with Gasteiger partial charge in [-0.25, -0.2) is 4.99 Å². The maximum atomic E-state index is 4.62. The maximum Gasteiger partial charge on any atom is 0.191 e. The van der Waals surface area contributed by atoms with E-state index in [1.165, 1.54) is 18.4 Å². The van der Waals surface area contributed by atoms with Gasteiger partial charge in [0.05, 0.1) is 6.54 Å². The fourth-order valence-electron chi connectivity index (χ4n) is 2.25. The van der Waals surface area contributed by atoms with Crippen LogP contribution in [-0.4, -0.2) is 43.1 Å². The molecular weight excluding hydrogens is 395 g/mol. The van der Waals surface area contributed by atoms with Crippen LogP contribution < -0.4 is 10.6 Å². The number of halogens is 1. The topological polar surface area (TPSA) is 39.7 Å². The van der Waals surface area contributed by atoms with Crippen molar-refractivity contribution in [3.8, 4) is 0 Å². The van der Waals surface area contributed by atoms with Crippen LogP contribution in [0.15, 0.2) is 21.8 Å². The highest BCUT2D eigenvalue weighted by Crippen LogP contribution is 2.25. The minimum atomic E-state index is 0. The van der Waals surface area contributed by atoms with E-state index < -0.39 is 0 Å². The number of aliphatic imine (C=N–C) groups is 1. The molecule has 1 heterocycles. The Balaban J connectivity index is 0.00000220. The van der Waals surface area contributed by atoms with Crippen molar-refractivity contribution in [3.63, 3.8) is 0 Å². The number of likely N-dealkylation sites (N-methyl/N-ethyl adjacent to an activating group) is 1. The number of hydrogen-bond donors (Lipinski definition) is 2. The molecule has 0 spiro atoms. The Morgan fingerprint density at radius 1 is 1.38 bits per heavy atom. The third kappa shape index (κ3) is 6.97. The number of guanidine groups is 1. The van der Waals surface area contributed by atoms with Gasteiger partial charge in [-0.15, -0.1) is 24.0 Å². The lowest BCUT2D eigenvalue weighted by Crippen LogP contribution is -2.42. The molecular formula is C15H27IN4S. The average Bonchev–Trinajstić information content (AvgIpc) is 3.16. The first-order valence-corrected chi connectivity index (χ1v) is 8.55. The molecule has 1 aliphatic rings. The van der Waals surface area contributed by atoms with Crippen molar-refractivity contribution in [3.05, 3.63) is 22.4 Å². The quantitative estimate of drug-likeness (QED) is 0.385. The summed E-state index contributed by atoms with van der Waals surface area (Å²) in [6.07, 6.45) is 2.75. The Bertz CT molecular complexity index is 404. The van der Waals surface area contributed by atoms with Gasteiger partial charge in [0.2, 0.25) is 0 Å². The standard InChI is InChI=1S/C15H26N4S.HI/c1-3-16-15(18-11-13-7-10-20-12-13)17-8-9-19(4-2)14-5-6-14;/h7,10,12,14H,3-6,8-9,11H2,1-2H3,(H2,16,17,18);1H. The summed E-state index contributed by atoms with van der Waals surface area (Å²) < 4.78 is 0. The molecule has 0 aliphatic heterocycles. The Hall–Kier alpha value is -0.340. The van der Waals surface area contributed by atoms with Gasteiger partial charge in [-0.2, -0.15) is 11.3 Å². The van der Waals surface area contributed by atoms with E-state index in [0.29, 0.717) is 0 Å². The second-order valence-corrected chi connectivity index (χ2v) is 5.89. The third-order valence-electron chi connectivity index (χ3n) is 3.50. The zero-order valence-electron chi connectivity index (χ0n) is 13.0. The SMILES string of the molecule is CCNC(=NCc1ccsc1)NCCN(CC)C1CC1.I. The maximum absolute atomic E-state index is 4.62. The minimum absolute atomic E-state index is 0. The van der Waals surface area contributed by atoms with Gasteiger partial charge in [0, 0.05) is 25.7 Å². The van der Waals surface area contributed by atoms with Crippen LogP contribution >= 0.6 is 35.3 Å². The Morgan fingerprint density at radius 2 is 2.19 bits per heavy atom. The van der Waals surface area contributed by atoms with Gasteiger partial charge in [-0.1, -0.05) is 6.92 Å². The highest BCUT2D eigenvalue weighted by atomic mass is 127. The molecule has 1 fully saturated rings. The number of nitrogens with one attached hydrogen (secondary N) is 2. The summed E-state index contributed by atoms with van der Waals surface area (Å²) in [4.78, 5) is 7.17. The van der Waals surface area contributed by atoms with E-state index in [2.05, 4.69) is 51.2 Å². The van der Waals surface area contributed by atoms with Crippen molar-refractivity contribution < 1.29 is 0 Å². The lowest BCUT2D eigenvalue weighted by molar-refractivity contribution is 0.282. The zero-order chi connectivity index (χ0) is 14.2. The van der Waals surface area contributed by atoms with Gasteiger partial charge in [0.1, 0.15) is 0 Å². The van der Waals surface area contributed by atoms with E-state index in [1.54, 1.807) is 11.3 Å². The Kier molecular flexibility index (Phi) is 9.26. The molecule has 2 N–H and O–H groups in total. The van der Waals surface area contributed by atoms with E-state index in [-0.39, 0.29) is 24.0 Å². The molecule has 0 bridgehead atoms. The Morgan fingerprint density at radius 3 is 2.76 bits per heavy atom. The van der Waals surface area contributed by atoms with Crippen molar-refractivity contribution in [2.24, 2.45) is 4.99 Å². The molecule has 1 saturated carbocycles. The minimum Gasteiger partial charge on any atom is -0.357 e. The molecule has 0 aromatic carbocycles. The predicted molar refractivity (Wildman–Crippen MR) is 103 cm³/mol. The van der Waals surface area contributed by atoms with Gasteiger partial charge in [-0.3, -0.25) is 4.90 Å². The normalized spacial score (nSPS) is 14.9. The van der Waals surface area contributed by atoms with Gasteiger partial charge in [0.15, 0.2) is 5.96 Å². The number of hydrogen-bond acceptors (Lipinski definition) is 3. The summed E-state index contributed by atoms with van der Waals surface area (Å²) in [5, 5.41) is 11.0. The van der Waals surface area contributed by atoms with E-state index >= 15 is 0 Å².